The van der Waals surface area contributed by atoms with Gasteiger partial charge in [-0.2, -0.15) is 0 Å². The molecule has 2 fully saturated rings. The Kier molecular flexibility index (Phi) is 10.6. The largest absolute Gasteiger partial charge is 0.872 e. The molecule has 51 heavy (non-hydrogen) atoms. The predicted molar refractivity (Wildman–Crippen MR) is 170 cm³/mol. The quantitative estimate of drug-likeness (QED) is 0.0877. The molecule has 2 aromatic rings. The number of fused-ring (bicyclic) bond motifs is 1. The summed E-state index contributed by atoms with van der Waals surface area (Å²) in [6.45, 7) is -1.07. The molecule has 270 valence electrons. The summed E-state index contributed by atoms with van der Waals surface area (Å²) in [5, 5.41) is 85.1. The van der Waals surface area contributed by atoms with Crippen LogP contribution < -0.4 is 15.3 Å². The highest BCUT2D eigenvalue weighted by atomic mass is 16.8. The third-order valence-electron chi connectivity index (χ3n) is 8.25. The number of carbonyl (C=O) groups is 1. The number of benzene rings is 3. The summed E-state index contributed by atoms with van der Waals surface area (Å²) in [5.41, 5.74) is 0.188. The van der Waals surface area contributed by atoms with Gasteiger partial charge >= 0.3 is 5.97 Å². The van der Waals surface area contributed by atoms with Crippen LogP contribution in [-0.4, -0.2) is 110 Å². The number of phenols is 2. The SMILES string of the molecule is O=C(/C=C/c1ccc(O)cc1)OC[C@H]1O[C@@H](Oc2cc3c([O-])cc(=O)cc-3oc2-c2ccc(O)cc2)[C@H](O[C@@H]2OC[C@@H](O)[C@H](O)[C@H]2O)[C@@H](O)[C@@H]1O. The van der Waals surface area contributed by atoms with Gasteiger partial charge in [0.2, 0.25) is 6.29 Å². The number of hydrogen-bond donors (Lipinski definition) is 7. The lowest BCUT2D eigenvalue weighted by molar-refractivity contribution is -0.345. The maximum absolute atomic E-state index is 12.8. The molecule has 0 unspecified atom stereocenters. The minimum absolute atomic E-state index is 0.0340. The van der Waals surface area contributed by atoms with E-state index in [0.29, 0.717) is 11.1 Å². The molecule has 9 atom stereocenters. The van der Waals surface area contributed by atoms with Crippen molar-refractivity contribution in [3.8, 4) is 45.6 Å². The van der Waals surface area contributed by atoms with Crippen LogP contribution in [-0.2, 0) is 23.7 Å². The predicted octanol–water partition coefficient (Wildman–Crippen LogP) is -0.197. The molecular weight excluding hydrogens is 676 g/mol. The van der Waals surface area contributed by atoms with E-state index >= 15 is 0 Å². The fourth-order valence-electron chi connectivity index (χ4n) is 5.49. The summed E-state index contributed by atoms with van der Waals surface area (Å²) in [6.07, 6.45) is -12.7. The van der Waals surface area contributed by atoms with Crippen molar-refractivity contribution in [2.45, 2.75) is 55.3 Å². The van der Waals surface area contributed by atoms with E-state index in [4.69, 9.17) is 28.1 Å². The standard InChI is InChI=1S/C35H34O16/c36-18-6-1-16(2-7-18)3-10-27(41)46-15-26-29(43)30(44)33(51-34-31(45)28(42)23(40)14-47-34)35(50-26)49-25-13-21-22(39)11-20(38)12-24(21)48-32(25)17-4-8-19(37)9-5-17/h1-13,23,26,28-31,33-37,39-40,42-45H,14-15H2/p-1/b10-3+/t23-,26-,28+,29-,30+,31-,33-,34+,35-/m1/s1. The van der Waals surface area contributed by atoms with Gasteiger partial charge in [0.25, 0.3) is 0 Å². The van der Waals surface area contributed by atoms with E-state index < -0.39 is 85.7 Å². The molecule has 0 radical (unpaired) electrons. The Labute approximate surface area is 288 Å². The van der Waals surface area contributed by atoms with Gasteiger partial charge in [-0.1, -0.05) is 17.9 Å². The van der Waals surface area contributed by atoms with E-state index in [0.717, 1.165) is 18.2 Å². The zero-order chi connectivity index (χ0) is 36.4. The highest BCUT2D eigenvalue weighted by molar-refractivity contribution is 5.87. The molecule has 3 heterocycles. The van der Waals surface area contributed by atoms with Gasteiger partial charge in [0.15, 0.2) is 29.3 Å². The summed E-state index contributed by atoms with van der Waals surface area (Å²) in [4.78, 5) is 24.6. The normalized spacial score (nSPS) is 28.1. The summed E-state index contributed by atoms with van der Waals surface area (Å²) >= 11 is 0. The van der Waals surface area contributed by atoms with Crippen LogP contribution in [0.2, 0.25) is 0 Å². The maximum Gasteiger partial charge on any atom is 0.330 e. The molecule has 0 amide bonds. The Bertz CT molecular complexity index is 1870. The van der Waals surface area contributed by atoms with Crippen LogP contribution >= 0.6 is 0 Å². The Morgan fingerprint density at radius 3 is 2.25 bits per heavy atom. The molecule has 2 saturated heterocycles. The highest BCUT2D eigenvalue weighted by Crippen LogP contribution is 2.41. The number of aliphatic hydroxyl groups is 5. The van der Waals surface area contributed by atoms with Crippen LogP contribution in [0.15, 0.2) is 82.0 Å². The molecular formula is C35H33O16-. The van der Waals surface area contributed by atoms with Gasteiger partial charge < -0.3 is 69.0 Å². The van der Waals surface area contributed by atoms with Crippen molar-refractivity contribution < 1.29 is 73.7 Å². The number of phenolic OH excluding ortho intramolecular Hbond substituents is 2. The molecule has 0 aromatic heterocycles. The number of aromatic hydroxyl groups is 2. The minimum Gasteiger partial charge on any atom is -0.872 e. The maximum atomic E-state index is 12.8. The number of hydrogen-bond acceptors (Lipinski definition) is 16. The molecule has 0 saturated carbocycles. The van der Waals surface area contributed by atoms with Crippen molar-refractivity contribution in [3.63, 3.8) is 0 Å². The molecule has 7 N–H and O–H groups in total. The first-order chi connectivity index (χ1) is 24.4. The van der Waals surface area contributed by atoms with Crippen LogP contribution in [0.3, 0.4) is 0 Å². The van der Waals surface area contributed by atoms with Crippen molar-refractivity contribution in [2.75, 3.05) is 13.2 Å². The fourth-order valence-corrected chi connectivity index (χ4v) is 5.49. The van der Waals surface area contributed by atoms with Gasteiger partial charge in [0.1, 0.15) is 60.5 Å². The van der Waals surface area contributed by atoms with Gasteiger partial charge in [-0.05, 0) is 60.2 Å². The van der Waals surface area contributed by atoms with Crippen molar-refractivity contribution in [2.24, 2.45) is 0 Å². The van der Waals surface area contributed by atoms with Crippen molar-refractivity contribution in [3.05, 3.63) is 88.6 Å². The van der Waals surface area contributed by atoms with Crippen molar-refractivity contribution >= 4 is 12.0 Å². The van der Waals surface area contributed by atoms with Gasteiger partial charge in [-0.15, -0.1) is 0 Å². The van der Waals surface area contributed by atoms with E-state index in [-0.39, 0.29) is 34.3 Å². The van der Waals surface area contributed by atoms with E-state index in [1.807, 2.05) is 0 Å². The average Bonchev–Trinajstić information content (AvgIpc) is 3.10. The number of ether oxygens (including phenoxy) is 5. The van der Waals surface area contributed by atoms with Gasteiger partial charge in [-0.25, -0.2) is 4.79 Å². The fraction of sp³-hybridized carbons (Fsp3) is 0.314. The monoisotopic (exact) mass is 709 g/mol. The van der Waals surface area contributed by atoms with Crippen LogP contribution in [0.5, 0.6) is 23.0 Å². The molecule has 16 heteroatoms. The number of rotatable bonds is 9. The smallest absolute Gasteiger partial charge is 0.330 e. The molecule has 6 rings (SSSR count). The lowest BCUT2D eigenvalue weighted by Crippen LogP contribution is -2.64. The van der Waals surface area contributed by atoms with Crippen LogP contribution in [0, 0.1) is 0 Å². The first-order valence-electron chi connectivity index (χ1n) is 15.6. The lowest BCUT2D eigenvalue weighted by atomic mass is 9.98. The van der Waals surface area contributed by atoms with Crippen LogP contribution in [0.4, 0.5) is 0 Å². The third-order valence-corrected chi connectivity index (χ3v) is 8.25. The van der Waals surface area contributed by atoms with Crippen molar-refractivity contribution in [1.29, 1.82) is 0 Å². The van der Waals surface area contributed by atoms with Crippen molar-refractivity contribution in [1.82, 2.24) is 0 Å². The van der Waals surface area contributed by atoms with E-state index in [1.165, 1.54) is 48.5 Å². The molecule has 1 aliphatic carbocycles. The Morgan fingerprint density at radius 2 is 1.55 bits per heavy atom. The zero-order valence-corrected chi connectivity index (χ0v) is 26.4. The molecule has 0 spiro atoms. The number of aliphatic hydroxyl groups excluding tert-OH is 5. The van der Waals surface area contributed by atoms with Gasteiger partial charge in [0.05, 0.1) is 6.61 Å². The summed E-state index contributed by atoms with van der Waals surface area (Å²) in [5.74, 6) is -1.95. The average molecular weight is 710 g/mol. The highest BCUT2D eigenvalue weighted by Gasteiger charge is 2.50. The number of carbonyl (C=O) groups excluding carboxylic acids is 1. The van der Waals surface area contributed by atoms with Crippen LogP contribution in [0.25, 0.3) is 28.7 Å². The second-order valence-electron chi connectivity index (χ2n) is 11.9. The third kappa shape index (κ3) is 7.98. The van der Waals surface area contributed by atoms with E-state index in [1.54, 1.807) is 12.1 Å². The molecule has 16 nitrogen and oxygen atoms in total. The van der Waals surface area contributed by atoms with Gasteiger partial charge in [0, 0.05) is 23.3 Å². The van der Waals surface area contributed by atoms with Crippen LogP contribution in [0.1, 0.15) is 5.56 Å². The topological polar surface area (TPSA) is 258 Å². The second kappa shape index (κ2) is 15.1. The minimum atomic E-state index is -1.88. The Hall–Kier alpha value is -5.04. The zero-order valence-electron chi connectivity index (χ0n) is 26.4. The number of esters is 1. The Balaban J connectivity index is 1.32. The first kappa shape index (κ1) is 35.8. The lowest BCUT2D eigenvalue weighted by Gasteiger charge is -2.44. The summed E-state index contributed by atoms with van der Waals surface area (Å²) < 4.78 is 34.4. The molecule has 0 bridgehead atoms. The molecule has 4 aliphatic rings. The van der Waals surface area contributed by atoms with E-state index in [2.05, 4.69) is 0 Å². The summed E-state index contributed by atoms with van der Waals surface area (Å²) in [6, 6.07) is 14.7. The molecule has 2 aromatic carbocycles. The first-order valence-corrected chi connectivity index (χ1v) is 15.6. The Morgan fingerprint density at radius 1 is 0.863 bits per heavy atom. The molecule has 3 aliphatic heterocycles. The van der Waals surface area contributed by atoms with E-state index in [9.17, 15) is 50.4 Å². The summed E-state index contributed by atoms with van der Waals surface area (Å²) in [7, 11) is 0. The van der Waals surface area contributed by atoms with Gasteiger partial charge in [-0.3, -0.25) is 4.79 Å². The second-order valence-corrected chi connectivity index (χ2v) is 11.9.